The Morgan fingerprint density at radius 2 is 2.26 bits per heavy atom. The van der Waals surface area contributed by atoms with E-state index in [-0.39, 0.29) is 18.8 Å². The first kappa shape index (κ1) is 14.1. The first-order chi connectivity index (χ1) is 9.13. The average Bonchev–Trinajstić information content (AvgIpc) is 2.83. The molecular formula is C14H22N2O3. The zero-order valence-corrected chi connectivity index (χ0v) is 11.5. The minimum Gasteiger partial charge on any atom is -0.493 e. The summed E-state index contributed by atoms with van der Waals surface area (Å²) < 4.78 is 11.3. The Morgan fingerprint density at radius 3 is 2.84 bits per heavy atom. The van der Waals surface area contributed by atoms with Gasteiger partial charge < -0.3 is 25.2 Å². The van der Waals surface area contributed by atoms with Gasteiger partial charge in [0.25, 0.3) is 0 Å². The average molecular weight is 266 g/mol. The Kier molecular flexibility index (Phi) is 4.63. The number of nitrogens with zero attached hydrogens (tertiary/aromatic N) is 1. The van der Waals surface area contributed by atoms with Gasteiger partial charge in [-0.05, 0) is 31.2 Å². The van der Waals surface area contributed by atoms with E-state index in [2.05, 4.69) is 11.9 Å². The quantitative estimate of drug-likeness (QED) is 0.824. The maximum Gasteiger partial charge on any atom is 0.161 e. The number of aliphatic hydroxyl groups excluding tert-OH is 1. The van der Waals surface area contributed by atoms with Gasteiger partial charge in [-0.15, -0.1) is 0 Å². The van der Waals surface area contributed by atoms with Crippen LogP contribution < -0.4 is 15.2 Å². The van der Waals surface area contributed by atoms with Crippen molar-refractivity contribution >= 4 is 0 Å². The van der Waals surface area contributed by atoms with Crippen LogP contribution in [0, 0.1) is 0 Å². The summed E-state index contributed by atoms with van der Waals surface area (Å²) >= 11 is 0. The predicted octanol–water partition coefficient (Wildman–Crippen LogP) is 0.770. The molecule has 19 heavy (non-hydrogen) atoms. The van der Waals surface area contributed by atoms with Crippen molar-refractivity contribution in [1.82, 2.24) is 4.90 Å². The third-order valence-electron chi connectivity index (χ3n) is 3.45. The predicted molar refractivity (Wildman–Crippen MR) is 73.5 cm³/mol. The minimum atomic E-state index is -0.389. The molecule has 3 N–H and O–H groups in total. The fourth-order valence-electron chi connectivity index (χ4n) is 2.29. The molecular weight excluding hydrogens is 244 g/mol. The molecule has 1 saturated heterocycles. The molecule has 0 bridgehead atoms. The normalized spacial score (nSPS) is 21.4. The summed E-state index contributed by atoms with van der Waals surface area (Å²) in [4.78, 5) is 2.24. The first-order valence-electron chi connectivity index (χ1n) is 6.53. The van der Waals surface area contributed by atoms with Gasteiger partial charge in [0.1, 0.15) is 6.10 Å². The summed E-state index contributed by atoms with van der Waals surface area (Å²) in [5.74, 6) is 1.40. The number of likely N-dealkylation sites (N-methyl/N-ethyl adjacent to an activating group) is 1. The summed E-state index contributed by atoms with van der Waals surface area (Å²) in [5, 5.41) is 9.12. The number of rotatable bonds is 5. The largest absolute Gasteiger partial charge is 0.493 e. The van der Waals surface area contributed by atoms with Crippen molar-refractivity contribution in [2.24, 2.45) is 5.73 Å². The monoisotopic (exact) mass is 266 g/mol. The first-order valence-corrected chi connectivity index (χ1v) is 6.53. The molecule has 0 aromatic heterocycles. The van der Waals surface area contributed by atoms with E-state index in [1.165, 1.54) is 0 Å². The summed E-state index contributed by atoms with van der Waals surface area (Å²) in [6.45, 7) is 1.88. The van der Waals surface area contributed by atoms with E-state index in [0.717, 1.165) is 25.1 Å². The lowest BCUT2D eigenvalue weighted by molar-refractivity contribution is 0.199. The van der Waals surface area contributed by atoms with Crippen molar-refractivity contribution < 1.29 is 14.6 Å². The highest BCUT2D eigenvalue weighted by Crippen LogP contribution is 2.31. The number of aliphatic hydroxyl groups is 1. The van der Waals surface area contributed by atoms with Crippen molar-refractivity contribution in [2.45, 2.75) is 18.6 Å². The molecule has 1 aromatic rings. The Bertz CT molecular complexity index is 425. The van der Waals surface area contributed by atoms with Crippen LogP contribution in [0.2, 0.25) is 0 Å². The van der Waals surface area contributed by atoms with Gasteiger partial charge >= 0.3 is 0 Å². The molecule has 0 saturated carbocycles. The molecule has 2 rings (SSSR count). The van der Waals surface area contributed by atoms with Crippen LogP contribution in [0.1, 0.15) is 18.0 Å². The van der Waals surface area contributed by atoms with Crippen LogP contribution in [-0.2, 0) is 0 Å². The highest BCUT2D eigenvalue weighted by molar-refractivity contribution is 5.44. The maximum absolute atomic E-state index is 9.12. The van der Waals surface area contributed by atoms with E-state index < -0.39 is 0 Å². The van der Waals surface area contributed by atoms with Crippen LogP contribution in [0.4, 0.5) is 0 Å². The molecule has 106 valence electrons. The van der Waals surface area contributed by atoms with Gasteiger partial charge in [-0.3, -0.25) is 0 Å². The van der Waals surface area contributed by atoms with Crippen molar-refractivity contribution in [3.05, 3.63) is 23.8 Å². The number of ether oxygens (including phenoxy) is 2. The number of likely N-dealkylation sites (tertiary alicyclic amines) is 1. The van der Waals surface area contributed by atoms with Crippen LogP contribution in [0.5, 0.6) is 11.5 Å². The van der Waals surface area contributed by atoms with E-state index in [9.17, 15) is 0 Å². The standard InChI is InChI=1S/C14H22N2O3/c1-16-6-5-11(8-16)19-14-7-10(12(15)9-17)3-4-13(14)18-2/h3-4,7,11-12,17H,5-6,8-9,15H2,1-2H3. The van der Waals surface area contributed by atoms with E-state index >= 15 is 0 Å². The summed E-state index contributed by atoms with van der Waals surface area (Å²) in [6.07, 6.45) is 1.19. The van der Waals surface area contributed by atoms with Gasteiger partial charge in [-0.1, -0.05) is 6.07 Å². The van der Waals surface area contributed by atoms with E-state index in [1.54, 1.807) is 7.11 Å². The number of hydrogen-bond acceptors (Lipinski definition) is 5. The third kappa shape index (κ3) is 3.37. The Balaban J connectivity index is 2.16. The number of hydrogen-bond donors (Lipinski definition) is 2. The third-order valence-corrected chi connectivity index (χ3v) is 3.45. The molecule has 5 heteroatoms. The smallest absolute Gasteiger partial charge is 0.161 e. The van der Waals surface area contributed by atoms with Crippen LogP contribution in [0.3, 0.4) is 0 Å². The van der Waals surface area contributed by atoms with Gasteiger partial charge in [0.2, 0.25) is 0 Å². The summed E-state index contributed by atoms with van der Waals surface area (Å²) in [7, 11) is 3.70. The number of benzene rings is 1. The zero-order chi connectivity index (χ0) is 13.8. The molecule has 0 radical (unpaired) electrons. The summed E-state index contributed by atoms with van der Waals surface area (Å²) in [6, 6.07) is 5.16. The Morgan fingerprint density at radius 1 is 1.47 bits per heavy atom. The second-order valence-electron chi connectivity index (χ2n) is 4.99. The van der Waals surface area contributed by atoms with Gasteiger partial charge in [-0.25, -0.2) is 0 Å². The molecule has 1 heterocycles. The van der Waals surface area contributed by atoms with Crippen LogP contribution in [0.15, 0.2) is 18.2 Å². The van der Waals surface area contributed by atoms with Crippen molar-refractivity contribution in [2.75, 3.05) is 33.9 Å². The molecule has 2 unspecified atom stereocenters. The van der Waals surface area contributed by atoms with Crippen molar-refractivity contribution in [1.29, 1.82) is 0 Å². The molecule has 1 fully saturated rings. The maximum atomic E-state index is 9.12. The molecule has 1 aliphatic heterocycles. The number of methoxy groups -OCH3 is 1. The molecule has 0 spiro atoms. The zero-order valence-electron chi connectivity index (χ0n) is 11.5. The van der Waals surface area contributed by atoms with Crippen LogP contribution in [0.25, 0.3) is 0 Å². The molecule has 5 nitrogen and oxygen atoms in total. The van der Waals surface area contributed by atoms with E-state index in [0.29, 0.717) is 11.5 Å². The minimum absolute atomic E-state index is 0.0854. The second-order valence-corrected chi connectivity index (χ2v) is 4.99. The topological polar surface area (TPSA) is 68.0 Å². The van der Waals surface area contributed by atoms with Gasteiger partial charge in [0, 0.05) is 13.1 Å². The van der Waals surface area contributed by atoms with Crippen molar-refractivity contribution in [3.63, 3.8) is 0 Å². The Hall–Kier alpha value is -1.30. The SMILES string of the molecule is COc1ccc(C(N)CO)cc1OC1CCN(C)C1. The molecule has 0 amide bonds. The highest BCUT2D eigenvalue weighted by Gasteiger charge is 2.22. The molecule has 2 atom stereocenters. The summed E-state index contributed by atoms with van der Waals surface area (Å²) in [5.41, 5.74) is 6.68. The van der Waals surface area contributed by atoms with E-state index in [4.69, 9.17) is 20.3 Å². The Labute approximate surface area is 113 Å². The van der Waals surface area contributed by atoms with Crippen LogP contribution in [-0.4, -0.2) is 50.0 Å². The number of nitrogens with two attached hydrogens (primary N) is 1. The highest BCUT2D eigenvalue weighted by atomic mass is 16.5. The van der Waals surface area contributed by atoms with E-state index in [1.807, 2.05) is 18.2 Å². The van der Waals surface area contributed by atoms with Crippen LogP contribution >= 0.6 is 0 Å². The molecule has 0 aliphatic carbocycles. The van der Waals surface area contributed by atoms with Gasteiger partial charge in [-0.2, -0.15) is 0 Å². The van der Waals surface area contributed by atoms with Crippen molar-refractivity contribution in [3.8, 4) is 11.5 Å². The van der Waals surface area contributed by atoms with Gasteiger partial charge in [0.15, 0.2) is 11.5 Å². The second kappa shape index (κ2) is 6.23. The lowest BCUT2D eigenvalue weighted by atomic mass is 10.1. The molecule has 1 aliphatic rings. The van der Waals surface area contributed by atoms with Gasteiger partial charge in [0.05, 0.1) is 19.8 Å². The lowest BCUT2D eigenvalue weighted by Gasteiger charge is -2.18. The molecule has 1 aromatic carbocycles. The fraction of sp³-hybridized carbons (Fsp3) is 0.571. The fourth-order valence-corrected chi connectivity index (χ4v) is 2.29. The lowest BCUT2D eigenvalue weighted by Crippen LogP contribution is -2.22.